The Balaban J connectivity index is 3.22. The van der Waals surface area contributed by atoms with Crippen molar-refractivity contribution >= 4 is 11.7 Å². The van der Waals surface area contributed by atoms with E-state index >= 15 is 0 Å². The number of aromatic nitrogens is 3. The van der Waals surface area contributed by atoms with Crippen LogP contribution in [0.4, 0.5) is 4.39 Å². The molecule has 0 saturated heterocycles. The van der Waals surface area contributed by atoms with Crippen molar-refractivity contribution in [2.45, 2.75) is 13.8 Å². The molecule has 1 heterocycles. The van der Waals surface area contributed by atoms with Gasteiger partial charge in [-0.2, -0.15) is 5.10 Å². The van der Waals surface area contributed by atoms with E-state index in [1.54, 1.807) is 13.8 Å². The number of amides is 1. The highest BCUT2D eigenvalue weighted by Gasteiger charge is 2.40. The van der Waals surface area contributed by atoms with Gasteiger partial charge in [-0.3, -0.25) is 9.18 Å². The lowest BCUT2D eigenvalue weighted by atomic mass is 9.78. The van der Waals surface area contributed by atoms with Crippen LogP contribution in [0.3, 0.4) is 0 Å². The summed E-state index contributed by atoms with van der Waals surface area (Å²) in [7, 11) is 1.43. The van der Waals surface area contributed by atoms with Crippen molar-refractivity contribution in [3.8, 4) is 0 Å². The van der Waals surface area contributed by atoms with Crippen molar-refractivity contribution in [2.75, 3.05) is 13.7 Å². The van der Waals surface area contributed by atoms with Gasteiger partial charge in [-0.25, -0.2) is 9.67 Å². The molecule has 0 aliphatic heterocycles. The van der Waals surface area contributed by atoms with E-state index in [4.69, 9.17) is 5.21 Å². The standard InChI is InChI=1S/C10H16FN5O2/c1-10(2,4-11)7(9(17)12-3)8(15-18)16-6-13-5-14-16/h5-7,18H,4H2,1-3H3,(H,12,17). The zero-order valence-corrected chi connectivity index (χ0v) is 10.5. The summed E-state index contributed by atoms with van der Waals surface area (Å²) < 4.78 is 14.2. The minimum Gasteiger partial charge on any atom is -0.409 e. The molecule has 0 fully saturated rings. The van der Waals surface area contributed by atoms with Crippen LogP contribution < -0.4 is 5.32 Å². The van der Waals surface area contributed by atoms with Crippen LogP contribution in [0.2, 0.25) is 0 Å². The number of rotatable bonds is 4. The van der Waals surface area contributed by atoms with Crippen LogP contribution in [0, 0.1) is 11.3 Å². The third-order valence-electron chi connectivity index (χ3n) is 2.65. The summed E-state index contributed by atoms with van der Waals surface area (Å²) in [5, 5.41) is 18.3. The number of carbonyl (C=O) groups is 1. The highest BCUT2D eigenvalue weighted by Crippen LogP contribution is 2.29. The Morgan fingerprint density at radius 3 is 2.72 bits per heavy atom. The van der Waals surface area contributed by atoms with E-state index in [-0.39, 0.29) is 5.84 Å². The first kappa shape index (κ1) is 14.1. The number of carbonyl (C=O) groups excluding carboxylic acids is 1. The molecule has 7 nitrogen and oxygen atoms in total. The zero-order chi connectivity index (χ0) is 13.8. The van der Waals surface area contributed by atoms with Crippen molar-refractivity contribution in [1.82, 2.24) is 20.1 Å². The van der Waals surface area contributed by atoms with Gasteiger partial charge in [-0.1, -0.05) is 19.0 Å². The van der Waals surface area contributed by atoms with Gasteiger partial charge in [0.25, 0.3) is 0 Å². The second-order valence-corrected chi connectivity index (χ2v) is 4.47. The van der Waals surface area contributed by atoms with Crippen LogP contribution in [0.5, 0.6) is 0 Å². The normalized spacial score (nSPS) is 14.3. The first-order valence-electron chi connectivity index (χ1n) is 5.32. The number of nitrogens with zero attached hydrogens (tertiary/aromatic N) is 4. The molecule has 18 heavy (non-hydrogen) atoms. The van der Waals surface area contributed by atoms with Gasteiger partial charge in [-0.15, -0.1) is 0 Å². The number of oxime groups is 1. The third-order valence-corrected chi connectivity index (χ3v) is 2.65. The van der Waals surface area contributed by atoms with Crippen LogP contribution in [0.1, 0.15) is 13.8 Å². The van der Waals surface area contributed by atoms with Gasteiger partial charge in [0.2, 0.25) is 5.91 Å². The molecule has 2 N–H and O–H groups in total. The maximum atomic E-state index is 13.1. The predicted molar refractivity (Wildman–Crippen MR) is 62.0 cm³/mol. The second kappa shape index (κ2) is 5.56. The molecule has 0 bridgehead atoms. The molecule has 1 unspecified atom stereocenters. The lowest BCUT2D eigenvalue weighted by Gasteiger charge is -2.30. The van der Waals surface area contributed by atoms with Gasteiger partial charge in [0, 0.05) is 12.5 Å². The molecule has 1 aromatic rings. The van der Waals surface area contributed by atoms with Crippen LogP contribution in [-0.2, 0) is 4.79 Å². The Bertz CT molecular complexity index is 429. The van der Waals surface area contributed by atoms with E-state index in [0.29, 0.717) is 0 Å². The Morgan fingerprint density at radius 2 is 2.33 bits per heavy atom. The summed E-state index contributed by atoms with van der Waals surface area (Å²) in [6.07, 6.45) is 2.51. The summed E-state index contributed by atoms with van der Waals surface area (Å²) in [6, 6.07) is 0. The summed E-state index contributed by atoms with van der Waals surface area (Å²) in [4.78, 5) is 15.6. The number of nitrogens with one attached hydrogen (secondary N) is 1. The summed E-state index contributed by atoms with van der Waals surface area (Å²) in [5.74, 6) is -1.52. The minimum absolute atomic E-state index is 0.0745. The van der Waals surface area contributed by atoms with Gasteiger partial charge in [-0.05, 0) is 0 Å². The minimum atomic E-state index is -1.03. The van der Waals surface area contributed by atoms with Crippen LogP contribution in [0.15, 0.2) is 17.8 Å². The topological polar surface area (TPSA) is 92.4 Å². The number of alkyl halides is 1. The van der Waals surface area contributed by atoms with E-state index in [1.807, 2.05) is 0 Å². The molecule has 1 aromatic heterocycles. The van der Waals surface area contributed by atoms with E-state index in [1.165, 1.54) is 19.7 Å². The summed E-state index contributed by atoms with van der Waals surface area (Å²) in [6.45, 7) is 2.38. The molecule has 0 saturated carbocycles. The molecule has 100 valence electrons. The fourth-order valence-corrected chi connectivity index (χ4v) is 1.61. The van der Waals surface area contributed by atoms with E-state index in [0.717, 1.165) is 4.68 Å². The Hall–Kier alpha value is -1.99. The fourth-order valence-electron chi connectivity index (χ4n) is 1.61. The van der Waals surface area contributed by atoms with Crippen LogP contribution in [0.25, 0.3) is 0 Å². The Labute approximate surface area is 104 Å². The molecule has 0 aliphatic carbocycles. The lowest BCUT2D eigenvalue weighted by Crippen LogP contribution is -2.46. The number of hydrogen-bond acceptors (Lipinski definition) is 5. The molecule has 1 amide bonds. The van der Waals surface area contributed by atoms with E-state index in [9.17, 15) is 9.18 Å². The molecular weight excluding hydrogens is 241 g/mol. The monoisotopic (exact) mass is 257 g/mol. The van der Waals surface area contributed by atoms with Crippen molar-refractivity contribution < 1.29 is 14.4 Å². The van der Waals surface area contributed by atoms with Crippen molar-refractivity contribution in [3.63, 3.8) is 0 Å². The molecule has 0 spiro atoms. The van der Waals surface area contributed by atoms with Crippen molar-refractivity contribution in [3.05, 3.63) is 12.7 Å². The molecule has 1 rings (SSSR count). The molecule has 1 atom stereocenters. The highest BCUT2D eigenvalue weighted by molar-refractivity contribution is 6.04. The predicted octanol–water partition coefficient (Wildman–Crippen LogP) is 0.272. The second-order valence-electron chi connectivity index (χ2n) is 4.47. The fraction of sp³-hybridized carbons (Fsp3) is 0.600. The quantitative estimate of drug-likeness (QED) is 0.350. The summed E-state index contributed by atoms with van der Waals surface area (Å²) in [5.41, 5.74) is -1.03. The van der Waals surface area contributed by atoms with Crippen molar-refractivity contribution in [2.24, 2.45) is 16.5 Å². The van der Waals surface area contributed by atoms with Crippen molar-refractivity contribution in [1.29, 1.82) is 0 Å². The zero-order valence-electron chi connectivity index (χ0n) is 10.5. The highest BCUT2D eigenvalue weighted by atomic mass is 19.1. The SMILES string of the molecule is CNC(=O)C(C(=NO)n1cncn1)C(C)(C)CF. The van der Waals surface area contributed by atoms with E-state index < -0.39 is 23.9 Å². The first-order chi connectivity index (χ1) is 8.47. The molecule has 0 aliphatic rings. The van der Waals surface area contributed by atoms with Gasteiger partial charge >= 0.3 is 0 Å². The van der Waals surface area contributed by atoms with Gasteiger partial charge in [0.05, 0.1) is 6.67 Å². The van der Waals surface area contributed by atoms with Gasteiger partial charge in [0.15, 0.2) is 5.84 Å². The molecule has 8 heteroatoms. The third kappa shape index (κ3) is 2.63. The maximum absolute atomic E-state index is 13.1. The maximum Gasteiger partial charge on any atom is 0.231 e. The Kier molecular flexibility index (Phi) is 4.35. The average molecular weight is 257 g/mol. The first-order valence-corrected chi connectivity index (χ1v) is 5.32. The average Bonchev–Trinajstić information content (AvgIpc) is 2.88. The number of hydrogen-bond donors (Lipinski definition) is 2. The summed E-state index contributed by atoms with van der Waals surface area (Å²) >= 11 is 0. The van der Waals surface area contributed by atoms with Crippen LogP contribution in [-0.4, -0.2) is 45.4 Å². The van der Waals surface area contributed by atoms with Gasteiger partial charge < -0.3 is 10.5 Å². The molecule has 0 aromatic carbocycles. The molecular formula is C10H16FN5O2. The van der Waals surface area contributed by atoms with E-state index in [2.05, 4.69) is 20.6 Å². The largest absolute Gasteiger partial charge is 0.409 e. The lowest BCUT2D eigenvalue weighted by molar-refractivity contribution is -0.125. The van der Waals surface area contributed by atoms with Crippen LogP contribution >= 0.6 is 0 Å². The smallest absolute Gasteiger partial charge is 0.231 e. The Morgan fingerprint density at radius 1 is 1.67 bits per heavy atom. The van der Waals surface area contributed by atoms with Gasteiger partial charge in [0.1, 0.15) is 18.6 Å². The molecule has 0 radical (unpaired) electrons. The number of halogens is 1.